The van der Waals surface area contributed by atoms with Gasteiger partial charge >= 0.3 is 0 Å². The zero-order valence-corrected chi connectivity index (χ0v) is 9.94. The molecule has 2 heterocycles. The standard InChI is InChI=1S/C15H10FNO2/c16-9-5-6-13-11(7-9)15(8-19-13)10-3-1-2-4-12(10)17-14(15)18/h1-7H,8H2,(H,17,18). The minimum atomic E-state index is -0.909. The van der Waals surface area contributed by atoms with Crippen LogP contribution in [0.25, 0.3) is 0 Å². The number of fused-ring (bicyclic) bond motifs is 4. The molecule has 1 amide bonds. The van der Waals surface area contributed by atoms with Gasteiger partial charge in [0, 0.05) is 11.3 Å². The van der Waals surface area contributed by atoms with E-state index >= 15 is 0 Å². The van der Waals surface area contributed by atoms with Crippen molar-refractivity contribution in [2.24, 2.45) is 0 Å². The number of halogens is 1. The van der Waals surface area contributed by atoms with Crippen LogP contribution in [0.3, 0.4) is 0 Å². The molecule has 0 radical (unpaired) electrons. The Balaban J connectivity index is 2.03. The summed E-state index contributed by atoms with van der Waals surface area (Å²) in [5.41, 5.74) is 1.32. The summed E-state index contributed by atoms with van der Waals surface area (Å²) in [6.45, 7) is 0.217. The van der Waals surface area contributed by atoms with Crippen molar-refractivity contribution in [2.75, 3.05) is 11.9 Å². The first-order valence-electron chi connectivity index (χ1n) is 6.05. The Hall–Kier alpha value is -2.36. The average molecular weight is 255 g/mol. The SMILES string of the molecule is O=C1Nc2ccccc2C12COc1ccc(F)cc12. The molecule has 0 saturated carbocycles. The molecule has 2 aliphatic rings. The van der Waals surface area contributed by atoms with Gasteiger partial charge in [-0.3, -0.25) is 4.79 Å². The van der Waals surface area contributed by atoms with E-state index in [0.717, 1.165) is 11.3 Å². The third-order valence-corrected chi connectivity index (χ3v) is 3.87. The maximum absolute atomic E-state index is 13.5. The van der Waals surface area contributed by atoms with Crippen LogP contribution in [-0.2, 0) is 10.2 Å². The summed E-state index contributed by atoms with van der Waals surface area (Å²) in [6.07, 6.45) is 0. The van der Waals surface area contributed by atoms with Crippen molar-refractivity contribution >= 4 is 11.6 Å². The third-order valence-electron chi connectivity index (χ3n) is 3.87. The highest BCUT2D eigenvalue weighted by Gasteiger charge is 2.53. The summed E-state index contributed by atoms with van der Waals surface area (Å²) >= 11 is 0. The van der Waals surface area contributed by atoms with Gasteiger partial charge in [0.1, 0.15) is 23.6 Å². The van der Waals surface area contributed by atoms with Crippen LogP contribution < -0.4 is 10.1 Å². The summed E-state index contributed by atoms with van der Waals surface area (Å²) in [4.78, 5) is 12.4. The number of amides is 1. The largest absolute Gasteiger partial charge is 0.491 e. The second-order valence-electron chi connectivity index (χ2n) is 4.83. The Morgan fingerprint density at radius 1 is 1.16 bits per heavy atom. The fourth-order valence-electron chi connectivity index (χ4n) is 2.95. The molecular formula is C15H10FNO2. The van der Waals surface area contributed by atoms with E-state index in [-0.39, 0.29) is 18.3 Å². The molecule has 4 rings (SSSR count). The minimum absolute atomic E-state index is 0.155. The quantitative estimate of drug-likeness (QED) is 0.785. The number of anilines is 1. The van der Waals surface area contributed by atoms with Gasteiger partial charge in [0.2, 0.25) is 5.91 Å². The molecule has 0 saturated heterocycles. The molecule has 94 valence electrons. The Morgan fingerprint density at radius 2 is 2.00 bits per heavy atom. The van der Waals surface area contributed by atoms with Crippen LogP contribution in [0.4, 0.5) is 10.1 Å². The van der Waals surface area contributed by atoms with Gasteiger partial charge in [-0.25, -0.2) is 4.39 Å². The molecule has 0 aromatic heterocycles. The topological polar surface area (TPSA) is 38.3 Å². The van der Waals surface area contributed by atoms with E-state index in [1.807, 2.05) is 24.3 Å². The molecule has 3 nitrogen and oxygen atoms in total. The summed E-state index contributed by atoms with van der Waals surface area (Å²) in [7, 11) is 0. The van der Waals surface area contributed by atoms with Crippen molar-refractivity contribution in [2.45, 2.75) is 5.41 Å². The van der Waals surface area contributed by atoms with Crippen LogP contribution in [0, 0.1) is 5.82 Å². The molecule has 2 aromatic carbocycles. The van der Waals surface area contributed by atoms with Gasteiger partial charge in [-0.1, -0.05) is 18.2 Å². The Labute approximate surface area is 109 Å². The number of hydrogen-bond donors (Lipinski definition) is 1. The van der Waals surface area contributed by atoms with Gasteiger partial charge in [-0.15, -0.1) is 0 Å². The highest BCUT2D eigenvalue weighted by Crippen LogP contribution is 2.49. The van der Waals surface area contributed by atoms with E-state index in [9.17, 15) is 9.18 Å². The number of benzene rings is 2. The third kappa shape index (κ3) is 1.18. The number of carbonyl (C=O) groups excluding carboxylic acids is 1. The van der Waals surface area contributed by atoms with E-state index < -0.39 is 5.41 Å². The molecule has 1 spiro atoms. The molecule has 0 bridgehead atoms. The Morgan fingerprint density at radius 3 is 2.89 bits per heavy atom. The van der Waals surface area contributed by atoms with Gasteiger partial charge in [-0.2, -0.15) is 0 Å². The molecule has 0 aliphatic carbocycles. The van der Waals surface area contributed by atoms with E-state index in [2.05, 4.69) is 5.32 Å². The van der Waals surface area contributed by atoms with Crippen LogP contribution in [0.5, 0.6) is 5.75 Å². The Kier molecular flexibility index (Phi) is 1.86. The van der Waals surface area contributed by atoms with Crippen LogP contribution in [0.2, 0.25) is 0 Å². The molecule has 1 N–H and O–H groups in total. The maximum Gasteiger partial charge on any atom is 0.243 e. The van der Waals surface area contributed by atoms with Crippen molar-refractivity contribution in [3.63, 3.8) is 0 Å². The van der Waals surface area contributed by atoms with Crippen molar-refractivity contribution in [1.29, 1.82) is 0 Å². The Bertz CT molecular complexity index is 713. The summed E-state index contributed by atoms with van der Waals surface area (Å²) < 4.78 is 19.1. The highest BCUT2D eigenvalue weighted by molar-refractivity contribution is 6.09. The zero-order valence-electron chi connectivity index (χ0n) is 9.94. The van der Waals surface area contributed by atoms with Gasteiger partial charge in [0.25, 0.3) is 0 Å². The lowest BCUT2D eigenvalue weighted by Gasteiger charge is -2.19. The second kappa shape index (κ2) is 3.35. The molecule has 1 atom stereocenters. The van der Waals surface area contributed by atoms with Crippen molar-refractivity contribution in [3.05, 3.63) is 59.4 Å². The van der Waals surface area contributed by atoms with Gasteiger partial charge in [-0.05, 0) is 29.8 Å². The molecule has 0 fully saturated rings. The molecular weight excluding hydrogens is 245 g/mol. The van der Waals surface area contributed by atoms with Gasteiger partial charge in [0.15, 0.2) is 0 Å². The van der Waals surface area contributed by atoms with E-state index in [4.69, 9.17) is 4.74 Å². The number of para-hydroxylation sites is 1. The fourth-order valence-corrected chi connectivity index (χ4v) is 2.95. The first-order chi connectivity index (χ1) is 9.22. The lowest BCUT2D eigenvalue weighted by Crippen LogP contribution is -2.37. The van der Waals surface area contributed by atoms with Crippen LogP contribution >= 0.6 is 0 Å². The minimum Gasteiger partial charge on any atom is -0.491 e. The lowest BCUT2D eigenvalue weighted by molar-refractivity contribution is -0.119. The molecule has 4 heteroatoms. The van der Waals surface area contributed by atoms with E-state index in [1.54, 1.807) is 6.07 Å². The van der Waals surface area contributed by atoms with E-state index in [0.29, 0.717) is 11.3 Å². The number of carbonyl (C=O) groups is 1. The van der Waals surface area contributed by atoms with Gasteiger partial charge in [0.05, 0.1) is 0 Å². The smallest absolute Gasteiger partial charge is 0.243 e. The highest BCUT2D eigenvalue weighted by atomic mass is 19.1. The number of ether oxygens (including phenoxy) is 1. The second-order valence-corrected chi connectivity index (χ2v) is 4.83. The number of rotatable bonds is 0. The number of hydrogen-bond acceptors (Lipinski definition) is 2. The average Bonchev–Trinajstić information content (AvgIpc) is 2.92. The lowest BCUT2D eigenvalue weighted by atomic mass is 9.77. The molecule has 2 aromatic rings. The molecule has 2 aliphatic heterocycles. The normalized spacial score (nSPS) is 22.9. The van der Waals surface area contributed by atoms with Gasteiger partial charge < -0.3 is 10.1 Å². The summed E-state index contributed by atoms with van der Waals surface area (Å²) in [5, 5.41) is 2.85. The fraction of sp³-hybridized carbons (Fsp3) is 0.133. The first kappa shape index (κ1) is 10.6. The van der Waals surface area contributed by atoms with E-state index in [1.165, 1.54) is 12.1 Å². The van der Waals surface area contributed by atoms with Crippen LogP contribution in [0.1, 0.15) is 11.1 Å². The number of nitrogens with one attached hydrogen (secondary N) is 1. The maximum atomic E-state index is 13.5. The zero-order chi connectivity index (χ0) is 13.0. The molecule has 19 heavy (non-hydrogen) atoms. The summed E-state index contributed by atoms with van der Waals surface area (Å²) in [6, 6.07) is 11.8. The van der Waals surface area contributed by atoms with Crippen LogP contribution in [0.15, 0.2) is 42.5 Å². The summed E-state index contributed by atoms with van der Waals surface area (Å²) in [5.74, 6) is 0.0621. The predicted octanol–water partition coefficient (Wildman–Crippen LogP) is 2.46. The monoisotopic (exact) mass is 255 g/mol. The predicted molar refractivity (Wildman–Crippen MR) is 67.7 cm³/mol. The van der Waals surface area contributed by atoms with Crippen molar-refractivity contribution in [3.8, 4) is 5.75 Å². The molecule has 1 unspecified atom stereocenters. The van der Waals surface area contributed by atoms with Crippen LogP contribution in [-0.4, -0.2) is 12.5 Å². The first-order valence-corrected chi connectivity index (χ1v) is 6.05. The van der Waals surface area contributed by atoms with Crippen molar-refractivity contribution in [1.82, 2.24) is 0 Å². The van der Waals surface area contributed by atoms with Crippen molar-refractivity contribution < 1.29 is 13.9 Å².